The van der Waals surface area contributed by atoms with Gasteiger partial charge < -0.3 is 9.64 Å². The van der Waals surface area contributed by atoms with E-state index in [0.29, 0.717) is 43.1 Å². The molecule has 6 aromatic rings. The molecule has 4 aromatic heterocycles. The number of fused-ring (bicyclic) bond motifs is 9. The Hall–Kier alpha value is -4.90. The van der Waals surface area contributed by atoms with E-state index >= 15 is 4.39 Å². The number of amides is 1. The lowest BCUT2D eigenvalue weighted by molar-refractivity contribution is -0.130. The molecular weight excluding hydrogens is 606 g/mol. The Morgan fingerprint density at radius 1 is 1.09 bits per heavy atom. The molecule has 0 N–H and O–H groups in total. The minimum atomic E-state index is -0.728. The second-order valence-electron chi connectivity index (χ2n) is 11.9. The average Bonchev–Trinajstić information content (AvgIpc) is 3.79. The fraction of sp³-hybridized carbons (Fsp3) is 0.257. The Bertz CT molecular complexity index is 2180. The molecule has 1 amide bonds. The summed E-state index contributed by atoms with van der Waals surface area (Å²) < 4.78 is 41.5. The molecule has 1 atom stereocenters. The van der Waals surface area contributed by atoms with E-state index < -0.39 is 11.6 Å². The molecule has 0 spiro atoms. The molecule has 232 valence electrons. The van der Waals surface area contributed by atoms with Crippen LogP contribution in [0.3, 0.4) is 0 Å². The number of aryl methyl sites for hydroxylation is 1. The van der Waals surface area contributed by atoms with Crippen LogP contribution in [0.1, 0.15) is 31.4 Å². The molecule has 0 fully saturated rings. The largest absolute Gasteiger partial charge is 0.493 e. The van der Waals surface area contributed by atoms with Crippen LogP contribution in [0, 0.1) is 11.6 Å². The molecule has 0 aliphatic carbocycles. The lowest BCUT2D eigenvalue weighted by Crippen LogP contribution is -2.45. The fourth-order valence-electron chi connectivity index (χ4n) is 6.80. The van der Waals surface area contributed by atoms with Gasteiger partial charge in [0.15, 0.2) is 0 Å². The number of carbonyl (C=O) groups excluding carboxylic acids is 1. The summed E-state index contributed by atoms with van der Waals surface area (Å²) in [5, 5.41) is 13.2. The summed E-state index contributed by atoms with van der Waals surface area (Å²) in [6.45, 7) is 4.94. The van der Waals surface area contributed by atoms with Gasteiger partial charge in [-0.3, -0.25) is 14.2 Å². The Morgan fingerprint density at radius 3 is 2.85 bits per heavy atom. The monoisotopic (exact) mass is 636 g/mol. The summed E-state index contributed by atoms with van der Waals surface area (Å²) in [6.07, 6.45) is 6.38. The first-order chi connectivity index (χ1) is 22.4. The van der Waals surface area contributed by atoms with Crippen LogP contribution in [0.25, 0.3) is 54.8 Å². The van der Waals surface area contributed by atoms with Crippen molar-refractivity contribution in [3.8, 4) is 39.5 Å². The first kappa shape index (κ1) is 28.6. The van der Waals surface area contributed by atoms with Crippen molar-refractivity contribution in [1.29, 1.82) is 0 Å². The minimum absolute atomic E-state index is 0.0468. The molecule has 2 aliphatic heterocycles. The maximum Gasteiger partial charge on any atom is 0.246 e. The highest BCUT2D eigenvalue weighted by molar-refractivity contribution is 7.18. The molecule has 6 heterocycles. The second kappa shape index (κ2) is 11.2. The zero-order valence-corrected chi connectivity index (χ0v) is 26.0. The van der Waals surface area contributed by atoms with Gasteiger partial charge in [-0.15, -0.1) is 11.3 Å². The number of ether oxygens (including phenoxy) is 1. The summed E-state index contributed by atoms with van der Waals surface area (Å²) >= 11 is 1.47. The van der Waals surface area contributed by atoms with Crippen molar-refractivity contribution in [2.75, 3.05) is 6.61 Å². The average molecular weight is 637 g/mol. The molecule has 0 saturated heterocycles. The second-order valence-corrected chi connectivity index (χ2v) is 12.8. The summed E-state index contributed by atoms with van der Waals surface area (Å²) in [7, 11) is 1.90. The predicted molar refractivity (Wildman–Crippen MR) is 174 cm³/mol. The third-order valence-corrected chi connectivity index (χ3v) is 9.99. The highest BCUT2D eigenvalue weighted by Crippen LogP contribution is 2.47. The van der Waals surface area contributed by atoms with Crippen LogP contribution in [0.4, 0.5) is 8.78 Å². The molecule has 1 unspecified atom stereocenters. The van der Waals surface area contributed by atoms with Crippen molar-refractivity contribution in [2.24, 2.45) is 7.05 Å². The number of pyridine rings is 1. The topological polar surface area (TPSA) is 78.1 Å². The molecule has 3 bridgehead atoms. The molecule has 2 aromatic carbocycles. The zero-order chi connectivity index (χ0) is 31.5. The van der Waals surface area contributed by atoms with Crippen molar-refractivity contribution >= 4 is 38.2 Å². The maximum atomic E-state index is 16.1. The molecule has 2 aliphatic rings. The van der Waals surface area contributed by atoms with Crippen molar-refractivity contribution in [3.05, 3.63) is 84.0 Å². The quantitative estimate of drug-likeness (QED) is 0.184. The highest BCUT2D eigenvalue weighted by Gasteiger charge is 2.32. The fourth-order valence-corrected chi connectivity index (χ4v) is 7.75. The number of thiophene rings is 1. The molecule has 8 rings (SSSR count). The number of halogens is 2. The maximum absolute atomic E-state index is 16.1. The smallest absolute Gasteiger partial charge is 0.246 e. The van der Waals surface area contributed by atoms with E-state index in [1.54, 1.807) is 0 Å². The summed E-state index contributed by atoms with van der Waals surface area (Å²) in [5.41, 5.74) is 5.10. The van der Waals surface area contributed by atoms with Crippen LogP contribution in [0.5, 0.6) is 5.75 Å². The number of hydrogen-bond acceptors (Lipinski definition) is 6. The predicted octanol–water partition coefficient (Wildman–Crippen LogP) is 7.51. The van der Waals surface area contributed by atoms with Gasteiger partial charge in [-0.25, -0.2) is 13.8 Å². The van der Waals surface area contributed by atoms with Gasteiger partial charge in [-0.05, 0) is 55.0 Å². The molecule has 11 heteroatoms. The standard InChI is InChI=1S/C35H30F2N6O2S/c1-3-30(44)42-18-24-16-27-34-32(35-25(10-12-46-35)33(39-34)20-8-9-28-21(13-20)17-38-41(28)2)31-26(37)14-22(36)15-29(31)45-11-6-4-5-7-23(42)19-43(24)40-27/h3,8-10,12-17,23H,1,4-7,11,18-19H2,2H3. The Balaban J connectivity index is 1.41. The van der Waals surface area contributed by atoms with Gasteiger partial charge in [0, 0.05) is 45.8 Å². The molecule has 0 saturated carbocycles. The molecule has 46 heavy (non-hydrogen) atoms. The third kappa shape index (κ3) is 4.68. The molecular formula is C35H30F2N6O2S. The third-order valence-electron chi connectivity index (χ3n) is 9.06. The van der Waals surface area contributed by atoms with E-state index in [4.69, 9.17) is 14.8 Å². The van der Waals surface area contributed by atoms with Crippen molar-refractivity contribution in [3.63, 3.8) is 0 Å². The van der Waals surface area contributed by atoms with Crippen LogP contribution >= 0.6 is 11.3 Å². The number of aromatic nitrogens is 5. The van der Waals surface area contributed by atoms with Crippen molar-refractivity contribution < 1.29 is 18.3 Å². The molecule has 8 nitrogen and oxygen atoms in total. The van der Waals surface area contributed by atoms with Crippen molar-refractivity contribution in [2.45, 2.75) is 44.8 Å². The minimum Gasteiger partial charge on any atom is -0.493 e. The lowest BCUT2D eigenvalue weighted by Gasteiger charge is -2.35. The van der Waals surface area contributed by atoms with E-state index in [1.807, 2.05) is 57.2 Å². The van der Waals surface area contributed by atoms with E-state index in [-0.39, 0.29) is 23.3 Å². The number of hydrogen-bond donors (Lipinski definition) is 0. The first-order valence-corrected chi connectivity index (χ1v) is 16.2. The van der Waals surface area contributed by atoms with E-state index in [2.05, 4.69) is 17.7 Å². The Kier molecular flexibility index (Phi) is 6.93. The van der Waals surface area contributed by atoms with Crippen LogP contribution in [0.15, 0.2) is 66.7 Å². The highest BCUT2D eigenvalue weighted by atomic mass is 32.1. The van der Waals surface area contributed by atoms with Crippen LogP contribution in [0.2, 0.25) is 0 Å². The van der Waals surface area contributed by atoms with Crippen LogP contribution in [-0.4, -0.2) is 48.0 Å². The zero-order valence-electron chi connectivity index (χ0n) is 25.2. The Labute approximate surface area is 267 Å². The van der Waals surface area contributed by atoms with Gasteiger partial charge in [0.2, 0.25) is 5.91 Å². The summed E-state index contributed by atoms with van der Waals surface area (Å²) in [4.78, 5) is 20.1. The first-order valence-electron chi connectivity index (χ1n) is 15.4. The van der Waals surface area contributed by atoms with Gasteiger partial charge in [-0.1, -0.05) is 19.1 Å². The summed E-state index contributed by atoms with van der Waals surface area (Å²) in [5.74, 6) is -1.41. The molecule has 0 radical (unpaired) electrons. The van der Waals surface area contributed by atoms with E-state index in [1.165, 1.54) is 23.5 Å². The van der Waals surface area contributed by atoms with E-state index in [0.717, 1.165) is 63.3 Å². The van der Waals surface area contributed by atoms with E-state index in [9.17, 15) is 9.18 Å². The number of nitrogens with zero attached hydrogens (tertiary/aromatic N) is 6. The number of benzene rings is 2. The summed E-state index contributed by atoms with van der Waals surface area (Å²) in [6, 6.07) is 12.1. The van der Waals surface area contributed by atoms with Crippen LogP contribution < -0.4 is 4.74 Å². The van der Waals surface area contributed by atoms with Crippen LogP contribution in [-0.2, 0) is 24.9 Å². The SMILES string of the molecule is C=CC(=O)N1Cc2cc3nn2CC1CCCCCOc1cc(F)cc(F)c1-c1c-3nc(-c2ccc3c(cnn3C)c2)c2ccsc12. The van der Waals surface area contributed by atoms with Gasteiger partial charge in [0.05, 0.1) is 54.4 Å². The van der Waals surface area contributed by atoms with Crippen molar-refractivity contribution in [1.82, 2.24) is 29.4 Å². The lowest BCUT2D eigenvalue weighted by atomic mass is 9.96. The van der Waals surface area contributed by atoms with Gasteiger partial charge >= 0.3 is 0 Å². The number of rotatable bonds is 2. The number of carbonyl (C=O) groups is 1. The van der Waals surface area contributed by atoms with Gasteiger partial charge in [-0.2, -0.15) is 10.2 Å². The van der Waals surface area contributed by atoms with Gasteiger partial charge in [0.1, 0.15) is 28.8 Å². The Morgan fingerprint density at radius 2 is 1.98 bits per heavy atom. The normalized spacial score (nSPS) is 16.5. The van der Waals surface area contributed by atoms with Gasteiger partial charge in [0.25, 0.3) is 0 Å².